The lowest BCUT2D eigenvalue weighted by atomic mass is 9.89. The molecule has 48 heavy (non-hydrogen) atoms. The van der Waals surface area contributed by atoms with Crippen molar-refractivity contribution >= 4 is 56.4 Å². The van der Waals surface area contributed by atoms with E-state index in [1.165, 1.54) is 7.11 Å². The third-order valence-corrected chi connectivity index (χ3v) is 9.79. The van der Waals surface area contributed by atoms with Gasteiger partial charge in [-0.25, -0.2) is 4.39 Å². The minimum absolute atomic E-state index is 0.00591. The van der Waals surface area contributed by atoms with Crippen molar-refractivity contribution in [2.75, 3.05) is 49.4 Å². The van der Waals surface area contributed by atoms with Crippen LogP contribution in [0.2, 0.25) is 0 Å². The predicted octanol–water partition coefficient (Wildman–Crippen LogP) is 9.13. The molecule has 0 aliphatic carbocycles. The number of fused-ring (bicyclic) bond motifs is 1. The van der Waals surface area contributed by atoms with Gasteiger partial charge in [0.05, 0.1) is 29.5 Å². The zero-order valence-electron chi connectivity index (χ0n) is 25.7. The number of thiophene rings is 1. The molecule has 0 saturated carbocycles. The fraction of sp³-hybridized carbons (Fsp3) is 0.333. The second-order valence-corrected chi connectivity index (χ2v) is 13.2. The highest BCUT2D eigenvalue weighted by molar-refractivity contribution is 7.98. The van der Waals surface area contributed by atoms with Crippen molar-refractivity contribution in [3.8, 4) is 5.75 Å². The molecule has 256 valence electrons. The standard InChI is InChI=1S/C33H30F7N3O3S2/c1-46-26-10-5-18(19-4-3-11-43(17-19)12-13-47-2)14-23(26)30(44)42-28-22-8-6-20(32(35,36)37)15-27(22)48-29(28)31(45)41-21-7-9-25(34)24(16-21)33(38,39)40/h5-10,14-16,19H,3-4,11-13,17H2,1-2H3,(H,41,45)(H,42,44). The molecule has 0 spiro atoms. The topological polar surface area (TPSA) is 70.7 Å². The van der Waals surface area contributed by atoms with E-state index in [1.807, 2.05) is 12.3 Å². The van der Waals surface area contributed by atoms with Crippen molar-refractivity contribution in [3.05, 3.63) is 87.5 Å². The number of benzene rings is 3. The molecule has 1 atom stereocenters. The molecule has 5 rings (SSSR count). The average molecular weight is 714 g/mol. The van der Waals surface area contributed by atoms with E-state index in [2.05, 4.69) is 15.5 Å². The number of amides is 2. The fourth-order valence-electron chi connectivity index (χ4n) is 5.65. The van der Waals surface area contributed by atoms with Gasteiger partial charge in [0.25, 0.3) is 11.8 Å². The van der Waals surface area contributed by atoms with Crippen molar-refractivity contribution in [1.29, 1.82) is 0 Å². The normalized spacial score (nSPS) is 15.8. The molecule has 2 heterocycles. The number of likely N-dealkylation sites (tertiary alicyclic amines) is 1. The van der Waals surface area contributed by atoms with Crippen LogP contribution in [-0.4, -0.2) is 55.5 Å². The van der Waals surface area contributed by atoms with Crippen molar-refractivity contribution in [3.63, 3.8) is 0 Å². The van der Waals surface area contributed by atoms with E-state index in [9.17, 15) is 40.3 Å². The number of rotatable bonds is 9. The number of piperidine rings is 1. The Balaban J connectivity index is 1.51. The van der Waals surface area contributed by atoms with Crippen molar-refractivity contribution in [2.45, 2.75) is 31.1 Å². The number of ether oxygens (including phenoxy) is 1. The molecule has 4 aromatic rings. The summed E-state index contributed by atoms with van der Waals surface area (Å²) in [4.78, 5) is 29.4. The minimum Gasteiger partial charge on any atom is -0.496 e. The first-order valence-corrected chi connectivity index (χ1v) is 16.9. The molecule has 3 aromatic carbocycles. The van der Waals surface area contributed by atoms with Gasteiger partial charge >= 0.3 is 12.4 Å². The van der Waals surface area contributed by atoms with E-state index in [-0.39, 0.29) is 37.9 Å². The lowest BCUT2D eigenvalue weighted by molar-refractivity contribution is -0.140. The number of anilines is 2. The summed E-state index contributed by atoms with van der Waals surface area (Å²) in [7, 11) is 1.38. The maximum atomic E-state index is 13.9. The summed E-state index contributed by atoms with van der Waals surface area (Å²) < 4.78 is 99.9. The van der Waals surface area contributed by atoms with Gasteiger partial charge in [0.2, 0.25) is 0 Å². The molecule has 0 bridgehead atoms. The van der Waals surface area contributed by atoms with E-state index in [4.69, 9.17) is 4.74 Å². The SMILES string of the molecule is COc1ccc(C2CCCN(CCSC)C2)cc1C(=O)Nc1c(C(=O)Nc2ccc(F)c(C(F)(F)F)c2)sc2cc(C(F)(F)F)ccc12. The second kappa shape index (κ2) is 14.3. The number of nitrogens with zero attached hydrogens (tertiary/aromatic N) is 1. The van der Waals surface area contributed by atoms with E-state index >= 15 is 0 Å². The fourth-order valence-corrected chi connectivity index (χ4v) is 7.19. The molecule has 1 aromatic heterocycles. The highest BCUT2D eigenvalue weighted by Crippen LogP contribution is 2.41. The molecule has 6 nitrogen and oxygen atoms in total. The van der Waals surface area contributed by atoms with Gasteiger partial charge in [0.1, 0.15) is 16.4 Å². The zero-order valence-corrected chi connectivity index (χ0v) is 27.3. The first kappa shape index (κ1) is 35.5. The molecule has 1 aliphatic heterocycles. The molecule has 2 amide bonds. The molecule has 0 radical (unpaired) electrons. The molecular formula is C33H30F7N3O3S2. The van der Waals surface area contributed by atoms with Gasteiger partial charge in [-0.1, -0.05) is 12.1 Å². The third-order valence-electron chi connectivity index (χ3n) is 8.05. The summed E-state index contributed by atoms with van der Waals surface area (Å²) in [6.45, 7) is 2.71. The number of hydrogen-bond acceptors (Lipinski definition) is 6. The van der Waals surface area contributed by atoms with Gasteiger partial charge < -0.3 is 20.3 Å². The Hall–Kier alpha value is -3.82. The minimum atomic E-state index is -5.05. The van der Waals surface area contributed by atoms with Crippen LogP contribution in [0.4, 0.5) is 42.1 Å². The van der Waals surface area contributed by atoms with Crippen LogP contribution in [-0.2, 0) is 12.4 Å². The van der Waals surface area contributed by atoms with Gasteiger partial charge in [-0.05, 0) is 79.6 Å². The summed E-state index contributed by atoms with van der Waals surface area (Å²) >= 11 is 2.37. The van der Waals surface area contributed by atoms with Gasteiger partial charge in [-0.15, -0.1) is 11.3 Å². The molecule has 1 saturated heterocycles. The Bertz CT molecular complexity index is 1820. The maximum Gasteiger partial charge on any atom is 0.419 e. The largest absolute Gasteiger partial charge is 0.496 e. The Labute approximate surface area is 279 Å². The summed E-state index contributed by atoms with van der Waals surface area (Å²) in [6.07, 6.45) is -5.82. The van der Waals surface area contributed by atoms with Crippen LogP contribution in [0.3, 0.4) is 0 Å². The predicted molar refractivity (Wildman–Crippen MR) is 174 cm³/mol. The number of halogens is 7. The molecule has 1 aliphatic rings. The first-order chi connectivity index (χ1) is 22.7. The lowest BCUT2D eigenvalue weighted by Gasteiger charge is -2.33. The summed E-state index contributed by atoms with van der Waals surface area (Å²) in [5.74, 6) is -1.93. The quantitative estimate of drug-likeness (QED) is 0.170. The van der Waals surface area contributed by atoms with Gasteiger partial charge in [0.15, 0.2) is 0 Å². The number of carbonyl (C=O) groups excluding carboxylic acids is 2. The van der Waals surface area contributed by atoms with Crippen LogP contribution in [0.1, 0.15) is 55.5 Å². The number of thioether (sulfide) groups is 1. The van der Waals surface area contributed by atoms with Gasteiger partial charge in [-0.2, -0.15) is 38.1 Å². The smallest absolute Gasteiger partial charge is 0.419 e. The summed E-state index contributed by atoms with van der Waals surface area (Å²) in [5, 5.41) is 5.01. The monoisotopic (exact) mass is 713 g/mol. The Morgan fingerprint density at radius 2 is 1.75 bits per heavy atom. The molecular weight excluding hydrogens is 684 g/mol. The van der Waals surface area contributed by atoms with E-state index in [1.54, 1.807) is 23.9 Å². The van der Waals surface area contributed by atoms with Crippen molar-refractivity contribution in [1.82, 2.24) is 4.90 Å². The number of alkyl halides is 6. The van der Waals surface area contributed by atoms with Crippen molar-refractivity contribution < 1.29 is 45.1 Å². The zero-order chi connectivity index (χ0) is 34.8. The van der Waals surface area contributed by atoms with Crippen LogP contribution < -0.4 is 15.4 Å². The van der Waals surface area contributed by atoms with Gasteiger partial charge in [0, 0.05) is 34.6 Å². The van der Waals surface area contributed by atoms with E-state index in [0.717, 1.165) is 68.1 Å². The van der Waals surface area contributed by atoms with Crippen LogP contribution in [0.15, 0.2) is 54.6 Å². The Morgan fingerprint density at radius 3 is 2.44 bits per heavy atom. The number of carbonyl (C=O) groups is 2. The molecule has 2 N–H and O–H groups in total. The Morgan fingerprint density at radius 1 is 0.979 bits per heavy atom. The number of hydrogen-bond donors (Lipinski definition) is 2. The highest BCUT2D eigenvalue weighted by atomic mass is 32.2. The van der Waals surface area contributed by atoms with Crippen LogP contribution in [0.5, 0.6) is 5.75 Å². The van der Waals surface area contributed by atoms with E-state index in [0.29, 0.717) is 23.5 Å². The first-order valence-electron chi connectivity index (χ1n) is 14.7. The summed E-state index contributed by atoms with van der Waals surface area (Å²) in [6, 6.07) is 9.83. The average Bonchev–Trinajstić information content (AvgIpc) is 3.41. The van der Waals surface area contributed by atoms with Crippen LogP contribution >= 0.6 is 23.1 Å². The van der Waals surface area contributed by atoms with Crippen molar-refractivity contribution in [2.24, 2.45) is 0 Å². The molecule has 1 unspecified atom stereocenters. The number of methoxy groups -OCH3 is 1. The van der Waals surface area contributed by atoms with Crippen LogP contribution in [0.25, 0.3) is 10.1 Å². The third kappa shape index (κ3) is 7.90. The summed E-state index contributed by atoms with van der Waals surface area (Å²) in [5.41, 5.74) is -2.14. The number of nitrogens with one attached hydrogen (secondary N) is 2. The lowest BCUT2D eigenvalue weighted by Crippen LogP contribution is -2.36. The second-order valence-electron chi connectivity index (χ2n) is 11.2. The molecule has 1 fully saturated rings. The van der Waals surface area contributed by atoms with Crippen LogP contribution in [0, 0.1) is 5.82 Å². The van der Waals surface area contributed by atoms with E-state index < -0.39 is 46.8 Å². The molecule has 15 heteroatoms. The van der Waals surface area contributed by atoms with Gasteiger partial charge in [-0.3, -0.25) is 9.59 Å². The highest BCUT2D eigenvalue weighted by Gasteiger charge is 2.35. The maximum absolute atomic E-state index is 13.9. The Kier molecular flexibility index (Phi) is 10.6.